The highest BCUT2D eigenvalue weighted by Gasteiger charge is 2.30. The molecule has 1 aliphatic heterocycles. The first kappa shape index (κ1) is 14.7. The van der Waals surface area contributed by atoms with Crippen LogP contribution in [-0.2, 0) is 4.79 Å². The lowest BCUT2D eigenvalue weighted by molar-refractivity contribution is -0.116. The highest BCUT2D eigenvalue weighted by Crippen LogP contribution is 2.43. The molecule has 0 saturated heterocycles. The summed E-state index contributed by atoms with van der Waals surface area (Å²) in [6.07, 6.45) is 0.0794. The van der Waals surface area contributed by atoms with E-state index in [0.29, 0.717) is 21.8 Å². The lowest BCUT2D eigenvalue weighted by Crippen LogP contribution is -2.24. The lowest BCUT2D eigenvalue weighted by Gasteiger charge is -2.27. The van der Waals surface area contributed by atoms with Gasteiger partial charge in [0.2, 0.25) is 5.91 Å². The Bertz CT molecular complexity index is 763. The minimum atomic E-state index is -0.515. The van der Waals surface area contributed by atoms with Crippen LogP contribution in [0.1, 0.15) is 23.5 Å². The van der Waals surface area contributed by atoms with E-state index >= 15 is 0 Å². The van der Waals surface area contributed by atoms with Gasteiger partial charge in [-0.05, 0) is 35.4 Å². The predicted octanol–water partition coefficient (Wildman–Crippen LogP) is 3.67. The molecule has 2 aromatic carbocycles. The van der Waals surface area contributed by atoms with Crippen LogP contribution in [0.4, 0.5) is 10.1 Å². The largest absolute Gasteiger partial charge is 0.504 e. The Labute approximate surface area is 131 Å². The second-order valence-electron chi connectivity index (χ2n) is 5.08. The summed E-state index contributed by atoms with van der Waals surface area (Å²) in [5, 5.41) is 13.1. The first-order valence-corrected chi connectivity index (χ1v) is 7.03. The molecule has 0 fully saturated rings. The average molecular weight is 322 g/mol. The molecule has 1 aliphatic rings. The van der Waals surface area contributed by atoms with E-state index < -0.39 is 11.7 Å². The first-order chi connectivity index (χ1) is 10.5. The summed E-state index contributed by atoms with van der Waals surface area (Å²) in [4.78, 5) is 11.9. The summed E-state index contributed by atoms with van der Waals surface area (Å²) in [6, 6.07) is 7.24. The number of halogens is 2. The third kappa shape index (κ3) is 2.48. The summed E-state index contributed by atoms with van der Waals surface area (Å²) >= 11 is 5.94. The van der Waals surface area contributed by atoms with Crippen molar-refractivity contribution in [3.8, 4) is 11.5 Å². The maximum atomic E-state index is 14.1. The van der Waals surface area contributed by atoms with Crippen LogP contribution >= 0.6 is 11.6 Å². The maximum absolute atomic E-state index is 14.1. The molecule has 0 aromatic heterocycles. The number of methoxy groups -OCH3 is 1. The van der Waals surface area contributed by atoms with Gasteiger partial charge in [0.1, 0.15) is 5.82 Å². The molecule has 3 rings (SSSR count). The predicted molar refractivity (Wildman–Crippen MR) is 81.2 cm³/mol. The van der Waals surface area contributed by atoms with E-state index in [1.54, 1.807) is 0 Å². The van der Waals surface area contributed by atoms with Crippen LogP contribution in [0, 0.1) is 5.82 Å². The highest BCUT2D eigenvalue weighted by molar-refractivity contribution is 6.30. The second kappa shape index (κ2) is 5.50. The molecule has 1 unspecified atom stereocenters. The Hall–Kier alpha value is -2.27. The first-order valence-electron chi connectivity index (χ1n) is 6.65. The molecule has 0 radical (unpaired) electrons. The van der Waals surface area contributed by atoms with Crippen LogP contribution in [0.2, 0.25) is 5.02 Å². The van der Waals surface area contributed by atoms with Gasteiger partial charge < -0.3 is 15.2 Å². The van der Waals surface area contributed by atoms with Crippen LogP contribution in [0.15, 0.2) is 30.3 Å². The number of carbonyl (C=O) groups is 1. The van der Waals surface area contributed by atoms with Crippen molar-refractivity contribution in [1.82, 2.24) is 0 Å². The third-order valence-electron chi connectivity index (χ3n) is 3.72. The molecule has 0 saturated carbocycles. The second-order valence-corrected chi connectivity index (χ2v) is 5.52. The highest BCUT2D eigenvalue weighted by atomic mass is 35.5. The van der Waals surface area contributed by atoms with E-state index in [4.69, 9.17) is 16.3 Å². The number of hydrogen-bond acceptors (Lipinski definition) is 3. The van der Waals surface area contributed by atoms with Crippen molar-refractivity contribution in [3.63, 3.8) is 0 Å². The Balaban J connectivity index is 2.17. The van der Waals surface area contributed by atoms with Gasteiger partial charge in [0.15, 0.2) is 11.5 Å². The Kier molecular flexibility index (Phi) is 3.66. The number of phenols is 1. The van der Waals surface area contributed by atoms with Gasteiger partial charge in [-0.25, -0.2) is 4.39 Å². The molecule has 1 atom stereocenters. The lowest BCUT2D eigenvalue weighted by atomic mass is 9.84. The van der Waals surface area contributed by atoms with Gasteiger partial charge in [0.05, 0.1) is 7.11 Å². The molecular weight excluding hydrogens is 309 g/mol. The molecule has 2 N–H and O–H groups in total. The number of ether oxygens (including phenoxy) is 1. The van der Waals surface area contributed by atoms with Gasteiger partial charge in [0, 0.05) is 29.1 Å². The summed E-state index contributed by atoms with van der Waals surface area (Å²) < 4.78 is 19.2. The zero-order chi connectivity index (χ0) is 15.9. The SMILES string of the molecule is COc1cc2c(cc1O)C(c1cc(Cl)ccc1F)CC(=O)N2. The van der Waals surface area contributed by atoms with Crippen molar-refractivity contribution in [1.29, 1.82) is 0 Å². The molecule has 0 spiro atoms. The summed E-state index contributed by atoms with van der Waals surface area (Å²) in [5.41, 5.74) is 1.45. The number of carbonyl (C=O) groups excluding carboxylic acids is 1. The number of rotatable bonds is 2. The molecule has 1 amide bonds. The number of anilines is 1. The smallest absolute Gasteiger partial charge is 0.225 e. The quantitative estimate of drug-likeness (QED) is 0.830. The normalized spacial score (nSPS) is 16.9. The number of nitrogens with one attached hydrogen (secondary N) is 1. The van der Waals surface area contributed by atoms with E-state index in [0.717, 1.165) is 0 Å². The Morgan fingerprint density at radius 3 is 2.82 bits per heavy atom. The molecule has 4 nitrogen and oxygen atoms in total. The van der Waals surface area contributed by atoms with Crippen molar-refractivity contribution in [2.75, 3.05) is 12.4 Å². The molecule has 0 bridgehead atoms. The topological polar surface area (TPSA) is 58.6 Å². The molecule has 22 heavy (non-hydrogen) atoms. The van der Waals surface area contributed by atoms with E-state index in [2.05, 4.69) is 5.32 Å². The van der Waals surface area contributed by atoms with Crippen LogP contribution < -0.4 is 10.1 Å². The molecular formula is C16H13ClFNO3. The van der Waals surface area contributed by atoms with Gasteiger partial charge in [-0.3, -0.25) is 4.79 Å². The monoisotopic (exact) mass is 321 g/mol. The van der Waals surface area contributed by atoms with E-state index in [1.165, 1.54) is 37.4 Å². The summed E-state index contributed by atoms with van der Waals surface area (Å²) in [7, 11) is 1.42. The van der Waals surface area contributed by atoms with Crippen molar-refractivity contribution in [2.45, 2.75) is 12.3 Å². The minimum Gasteiger partial charge on any atom is -0.504 e. The molecule has 0 aliphatic carbocycles. The Morgan fingerprint density at radius 1 is 1.32 bits per heavy atom. The van der Waals surface area contributed by atoms with E-state index in [9.17, 15) is 14.3 Å². The van der Waals surface area contributed by atoms with Gasteiger partial charge in [-0.15, -0.1) is 0 Å². The van der Waals surface area contributed by atoms with Crippen LogP contribution in [-0.4, -0.2) is 18.1 Å². The number of benzene rings is 2. The van der Waals surface area contributed by atoms with Gasteiger partial charge in [-0.2, -0.15) is 0 Å². The van der Waals surface area contributed by atoms with E-state index in [1.807, 2.05) is 0 Å². The minimum absolute atomic E-state index is 0.0650. The standard InChI is InChI=1S/C16H13ClFNO3/c1-22-15-7-13-11(5-14(15)20)9(6-16(21)19-13)10-4-8(17)2-3-12(10)18/h2-5,7,9,20H,6H2,1H3,(H,19,21). The molecule has 114 valence electrons. The number of hydrogen-bond donors (Lipinski definition) is 2. The molecule has 2 aromatic rings. The molecule has 1 heterocycles. The number of amides is 1. The average Bonchev–Trinajstić information content (AvgIpc) is 2.49. The van der Waals surface area contributed by atoms with Crippen molar-refractivity contribution < 1.29 is 19.0 Å². The number of phenolic OH excluding ortho intramolecular Hbond substituents is 1. The number of aromatic hydroxyl groups is 1. The zero-order valence-corrected chi connectivity index (χ0v) is 12.4. The fraction of sp³-hybridized carbons (Fsp3) is 0.188. The van der Waals surface area contributed by atoms with Gasteiger partial charge >= 0.3 is 0 Å². The van der Waals surface area contributed by atoms with Gasteiger partial charge in [0.25, 0.3) is 0 Å². The zero-order valence-electron chi connectivity index (χ0n) is 11.7. The third-order valence-corrected chi connectivity index (χ3v) is 3.96. The van der Waals surface area contributed by atoms with Crippen molar-refractivity contribution >= 4 is 23.2 Å². The van der Waals surface area contributed by atoms with Crippen molar-refractivity contribution in [3.05, 3.63) is 52.3 Å². The maximum Gasteiger partial charge on any atom is 0.225 e. The fourth-order valence-corrected chi connectivity index (χ4v) is 2.88. The van der Waals surface area contributed by atoms with E-state index in [-0.39, 0.29) is 23.8 Å². The summed E-state index contributed by atoms with van der Waals surface area (Å²) in [5.74, 6) is -1.01. The van der Waals surface area contributed by atoms with Crippen molar-refractivity contribution in [2.24, 2.45) is 0 Å². The Morgan fingerprint density at radius 2 is 2.09 bits per heavy atom. The fourth-order valence-electron chi connectivity index (χ4n) is 2.70. The number of fused-ring (bicyclic) bond motifs is 1. The summed E-state index contributed by atoms with van der Waals surface area (Å²) in [6.45, 7) is 0. The van der Waals surface area contributed by atoms with Crippen LogP contribution in [0.5, 0.6) is 11.5 Å². The van der Waals surface area contributed by atoms with Crippen LogP contribution in [0.25, 0.3) is 0 Å². The van der Waals surface area contributed by atoms with Gasteiger partial charge in [-0.1, -0.05) is 11.6 Å². The molecule has 6 heteroatoms. The van der Waals surface area contributed by atoms with Crippen LogP contribution in [0.3, 0.4) is 0 Å².